The summed E-state index contributed by atoms with van der Waals surface area (Å²) in [5.74, 6) is -0.572. The molecule has 0 spiro atoms. The van der Waals surface area contributed by atoms with Crippen molar-refractivity contribution in [2.24, 2.45) is 0 Å². The SMILES string of the molecule is O=C1C(=C2C=CC(=[N+](Cc3ccccc3)Cc3ccccc3)C=C2)C(O)C1c1ccc(N(Cc2ccccc2)Cc2ccccc2)cc1. The van der Waals surface area contributed by atoms with Crippen molar-refractivity contribution in [3.8, 4) is 0 Å². The number of allylic oxidation sites excluding steroid dienone is 5. The Labute approximate surface area is 283 Å². The van der Waals surface area contributed by atoms with Crippen LogP contribution in [-0.2, 0) is 31.0 Å². The molecule has 4 nitrogen and oxygen atoms in total. The largest absolute Gasteiger partial charge is 0.387 e. The van der Waals surface area contributed by atoms with Crippen LogP contribution in [0.3, 0.4) is 0 Å². The van der Waals surface area contributed by atoms with Crippen LogP contribution >= 0.6 is 0 Å². The van der Waals surface area contributed by atoms with Crippen molar-refractivity contribution in [1.82, 2.24) is 0 Å². The van der Waals surface area contributed by atoms with Gasteiger partial charge in [0.05, 0.1) is 12.0 Å². The first-order valence-electron chi connectivity index (χ1n) is 16.6. The lowest BCUT2D eigenvalue weighted by Crippen LogP contribution is -2.43. The molecule has 0 radical (unpaired) electrons. The van der Waals surface area contributed by atoms with Gasteiger partial charge in [0.15, 0.2) is 18.9 Å². The number of hydrogen-bond acceptors (Lipinski definition) is 3. The van der Waals surface area contributed by atoms with Gasteiger partial charge in [-0.1, -0.05) is 133 Å². The average molecular weight is 628 g/mol. The zero-order chi connectivity index (χ0) is 32.7. The van der Waals surface area contributed by atoms with E-state index in [2.05, 4.69) is 131 Å². The lowest BCUT2D eigenvalue weighted by atomic mass is 9.69. The maximum Gasteiger partial charge on any atom is 0.200 e. The van der Waals surface area contributed by atoms with Gasteiger partial charge in [-0.05, 0) is 46.5 Å². The number of aliphatic hydroxyl groups excluding tert-OH is 1. The number of rotatable bonds is 10. The van der Waals surface area contributed by atoms with Crippen molar-refractivity contribution >= 4 is 17.2 Å². The zero-order valence-corrected chi connectivity index (χ0v) is 26.9. The van der Waals surface area contributed by atoms with Crippen LogP contribution in [0, 0.1) is 0 Å². The van der Waals surface area contributed by atoms with E-state index in [0.29, 0.717) is 5.57 Å². The van der Waals surface area contributed by atoms with Gasteiger partial charge >= 0.3 is 0 Å². The first-order valence-corrected chi connectivity index (χ1v) is 16.6. The second-order valence-corrected chi connectivity index (χ2v) is 12.5. The summed E-state index contributed by atoms with van der Waals surface area (Å²) in [5.41, 5.74) is 9.17. The summed E-state index contributed by atoms with van der Waals surface area (Å²) in [4.78, 5) is 15.9. The van der Waals surface area contributed by atoms with Gasteiger partial charge in [0.1, 0.15) is 0 Å². The number of hydrogen-bond donors (Lipinski definition) is 1. The molecule has 0 saturated heterocycles. The van der Waals surface area contributed by atoms with E-state index in [9.17, 15) is 9.90 Å². The third kappa shape index (κ3) is 7.05. The van der Waals surface area contributed by atoms with Gasteiger partial charge < -0.3 is 10.0 Å². The monoisotopic (exact) mass is 627 g/mol. The third-order valence-electron chi connectivity index (χ3n) is 9.19. The lowest BCUT2D eigenvalue weighted by Gasteiger charge is -2.36. The fourth-order valence-electron chi connectivity index (χ4n) is 6.61. The van der Waals surface area contributed by atoms with E-state index in [4.69, 9.17) is 0 Å². The first-order chi connectivity index (χ1) is 23.6. The molecule has 2 atom stereocenters. The Balaban J connectivity index is 1.09. The zero-order valence-electron chi connectivity index (χ0n) is 26.9. The van der Waals surface area contributed by atoms with E-state index in [-0.39, 0.29) is 5.78 Å². The number of anilines is 1. The standard InChI is InChI=1S/C44H39N2O2/c47-43-41(37-21-25-39(26-22-37)45(29-33-13-5-1-6-14-33)30-34-15-7-2-8-16-34)44(48)42(43)38-23-27-40(28-24-38)46(31-35-17-9-3-10-18-35)32-36-19-11-4-12-20-36/h1-28,41,43,47H,29-32H2/q+1. The molecule has 2 aliphatic rings. The fraction of sp³-hybridized carbons (Fsp3) is 0.136. The Hall–Kier alpha value is -5.58. The minimum atomic E-state index is -0.844. The van der Waals surface area contributed by atoms with E-state index < -0.39 is 12.0 Å². The number of nitrogens with zero attached hydrogens (tertiary/aromatic N) is 2. The molecule has 5 aromatic rings. The molecule has 2 unspecified atom stereocenters. The molecule has 1 saturated carbocycles. The van der Waals surface area contributed by atoms with Crippen LogP contribution in [-0.4, -0.2) is 27.3 Å². The van der Waals surface area contributed by atoms with Gasteiger partial charge in [0, 0.05) is 47.6 Å². The van der Waals surface area contributed by atoms with E-state index in [1.165, 1.54) is 22.3 Å². The fourth-order valence-corrected chi connectivity index (χ4v) is 6.61. The number of ketones is 1. The highest BCUT2D eigenvalue weighted by molar-refractivity contribution is 6.12. The Morgan fingerprint density at radius 2 is 0.979 bits per heavy atom. The molecule has 4 heteroatoms. The Kier molecular flexibility index (Phi) is 9.35. The highest BCUT2D eigenvalue weighted by Gasteiger charge is 2.46. The van der Waals surface area contributed by atoms with Crippen molar-refractivity contribution in [1.29, 1.82) is 0 Å². The molecule has 0 amide bonds. The molecule has 2 aliphatic carbocycles. The Morgan fingerprint density at radius 3 is 1.42 bits per heavy atom. The summed E-state index contributed by atoms with van der Waals surface area (Å²) < 4.78 is 2.33. The van der Waals surface area contributed by atoms with Crippen LogP contribution in [0.15, 0.2) is 181 Å². The molecular weight excluding hydrogens is 588 g/mol. The summed E-state index contributed by atoms with van der Waals surface area (Å²) >= 11 is 0. The van der Waals surface area contributed by atoms with E-state index in [1.807, 2.05) is 48.6 Å². The second kappa shape index (κ2) is 14.5. The van der Waals surface area contributed by atoms with E-state index >= 15 is 0 Å². The smallest absolute Gasteiger partial charge is 0.200 e. The van der Waals surface area contributed by atoms with E-state index in [1.54, 1.807) is 0 Å². The van der Waals surface area contributed by atoms with Crippen LogP contribution in [0.2, 0.25) is 0 Å². The van der Waals surface area contributed by atoms with Gasteiger partial charge in [-0.15, -0.1) is 0 Å². The minimum Gasteiger partial charge on any atom is -0.387 e. The number of carbonyl (C=O) groups is 1. The van der Waals surface area contributed by atoms with Crippen LogP contribution in [0.1, 0.15) is 33.7 Å². The van der Waals surface area contributed by atoms with Crippen LogP contribution in [0.5, 0.6) is 0 Å². The molecule has 48 heavy (non-hydrogen) atoms. The number of benzene rings is 5. The summed E-state index contributed by atoms with van der Waals surface area (Å²) in [7, 11) is 0. The van der Waals surface area contributed by atoms with E-state index in [0.717, 1.165) is 48.7 Å². The van der Waals surface area contributed by atoms with Gasteiger partial charge in [-0.3, -0.25) is 4.79 Å². The van der Waals surface area contributed by atoms with Crippen molar-refractivity contribution in [2.75, 3.05) is 4.90 Å². The molecule has 1 fully saturated rings. The third-order valence-corrected chi connectivity index (χ3v) is 9.19. The molecule has 1 N–H and O–H groups in total. The van der Waals surface area contributed by atoms with Crippen molar-refractivity contribution in [2.45, 2.75) is 38.2 Å². The van der Waals surface area contributed by atoms with Crippen molar-refractivity contribution in [3.63, 3.8) is 0 Å². The van der Waals surface area contributed by atoms with Gasteiger partial charge in [0.2, 0.25) is 5.71 Å². The summed E-state index contributed by atoms with van der Waals surface area (Å²) in [5, 5.41) is 11.3. The Morgan fingerprint density at radius 1 is 0.542 bits per heavy atom. The molecule has 7 rings (SSSR count). The molecular formula is C44H39N2O2+. The predicted molar refractivity (Wildman–Crippen MR) is 194 cm³/mol. The molecule has 0 aromatic heterocycles. The quantitative estimate of drug-likeness (QED) is 0.125. The molecule has 236 valence electrons. The number of carbonyl (C=O) groups excluding carboxylic acids is 1. The lowest BCUT2D eigenvalue weighted by molar-refractivity contribution is -0.558. The molecule has 0 bridgehead atoms. The minimum absolute atomic E-state index is 0.0149. The molecule has 0 heterocycles. The van der Waals surface area contributed by atoms with Crippen molar-refractivity contribution < 1.29 is 14.5 Å². The maximum atomic E-state index is 13.6. The summed E-state index contributed by atoms with van der Waals surface area (Å²) in [6, 6.07) is 49.9. The van der Waals surface area contributed by atoms with Gasteiger partial charge in [0.25, 0.3) is 0 Å². The summed E-state index contributed by atoms with van der Waals surface area (Å²) in [6.07, 6.45) is 7.22. The highest BCUT2D eigenvalue weighted by Crippen LogP contribution is 2.41. The second-order valence-electron chi connectivity index (χ2n) is 12.5. The number of Topliss-reactive ketones (excluding diaryl/α,β-unsaturated/α-hetero) is 1. The van der Waals surface area contributed by atoms with Gasteiger partial charge in [-0.25, -0.2) is 4.58 Å². The first kappa shape index (κ1) is 31.0. The van der Waals surface area contributed by atoms with Crippen LogP contribution in [0.25, 0.3) is 0 Å². The summed E-state index contributed by atoms with van der Waals surface area (Å²) in [6.45, 7) is 3.06. The normalized spacial score (nSPS) is 16.9. The van der Waals surface area contributed by atoms with Crippen molar-refractivity contribution in [3.05, 3.63) is 209 Å². The average Bonchev–Trinajstić information content (AvgIpc) is 3.14. The number of aliphatic hydroxyl groups is 1. The molecule has 5 aromatic carbocycles. The Bertz CT molecular complexity index is 1870. The highest BCUT2D eigenvalue weighted by atomic mass is 16.3. The van der Waals surface area contributed by atoms with Gasteiger partial charge in [-0.2, -0.15) is 0 Å². The molecule has 0 aliphatic heterocycles. The van der Waals surface area contributed by atoms with Crippen LogP contribution in [0.4, 0.5) is 5.69 Å². The van der Waals surface area contributed by atoms with Crippen LogP contribution < -0.4 is 4.90 Å². The predicted octanol–water partition coefficient (Wildman–Crippen LogP) is 8.20. The topological polar surface area (TPSA) is 43.6 Å². The maximum absolute atomic E-state index is 13.6.